The van der Waals surface area contributed by atoms with Gasteiger partial charge in [0.05, 0.1) is 0 Å². The van der Waals surface area contributed by atoms with Gasteiger partial charge in [0.15, 0.2) is 0 Å². The minimum atomic E-state index is 0.628. The second-order valence-corrected chi connectivity index (χ2v) is 4.75. The molecule has 1 aromatic carbocycles. The first kappa shape index (κ1) is 15.2. The summed E-state index contributed by atoms with van der Waals surface area (Å²) in [7, 11) is 0. The van der Waals surface area contributed by atoms with Crippen molar-refractivity contribution in [2.24, 2.45) is 17.2 Å². The molecule has 1 rings (SSSR count). The Balaban J connectivity index is 2.72. The molecule has 0 aromatic heterocycles. The van der Waals surface area contributed by atoms with E-state index in [4.69, 9.17) is 17.2 Å². The molecule has 3 nitrogen and oxygen atoms in total. The zero-order valence-corrected chi connectivity index (χ0v) is 11.3. The molecule has 0 saturated carbocycles. The summed E-state index contributed by atoms with van der Waals surface area (Å²) in [5.74, 6) is 0. The maximum Gasteiger partial charge on any atom is 0.0180 e. The lowest BCUT2D eigenvalue weighted by atomic mass is 9.93. The molecule has 0 atom stereocenters. The second-order valence-electron chi connectivity index (χ2n) is 4.75. The first-order valence-electron chi connectivity index (χ1n) is 7.03. The first-order valence-corrected chi connectivity index (χ1v) is 7.03. The van der Waals surface area contributed by atoms with E-state index < -0.39 is 0 Å². The highest BCUT2D eigenvalue weighted by molar-refractivity contribution is 5.35. The van der Waals surface area contributed by atoms with Crippen LogP contribution in [0.25, 0.3) is 0 Å². The van der Waals surface area contributed by atoms with Crippen molar-refractivity contribution in [2.75, 3.05) is 13.1 Å². The Morgan fingerprint density at radius 1 is 0.722 bits per heavy atom. The molecule has 0 amide bonds. The molecule has 0 heterocycles. The Hall–Kier alpha value is -0.900. The molecule has 0 saturated heterocycles. The van der Waals surface area contributed by atoms with Gasteiger partial charge < -0.3 is 17.2 Å². The van der Waals surface area contributed by atoms with E-state index in [2.05, 4.69) is 18.2 Å². The third-order valence-corrected chi connectivity index (χ3v) is 3.37. The standard InChI is InChI=1S/C15H27N3/c16-10-3-1-6-13-7-5-8-14(12-18)15(13)9-2-4-11-17/h5,7-8H,1-4,6,9-12,16-18H2. The first-order chi connectivity index (χ1) is 8.83. The maximum absolute atomic E-state index is 5.83. The van der Waals surface area contributed by atoms with E-state index in [0.717, 1.165) is 51.6 Å². The third-order valence-electron chi connectivity index (χ3n) is 3.37. The lowest BCUT2D eigenvalue weighted by Gasteiger charge is -2.14. The quantitative estimate of drug-likeness (QED) is 0.583. The van der Waals surface area contributed by atoms with Gasteiger partial charge in [-0.2, -0.15) is 0 Å². The van der Waals surface area contributed by atoms with E-state index in [-0.39, 0.29) is 0 Å². The minimum absolute atomic E-state index is 0.628. The van der Waals surface area contributed by atoms with E-state index in [0.29, 0.717) is 6.54 Å². The SMILES string of the molecule is NCCCCc1cccc(CN)c1CCCCN. The van der Waals surface area contributed by atoms with Crippen LogP contribution in [0.15, 0.2) is 18.2 Å². The number of hydrogen-bond donors (Lipinski definition) is 3. The number of hydrogen-bond acceptors (Lipinski definition) is 3. The highest BCUT2D eigenvalue weighted by Crippen LogP contribution is 2.19. The summed E-state index contributed by atoms with van der Waals surface area (Å²) in [6.07, 6.45) is 6.70. The smallest absolute Gasteiger partial charge is 0.0180 e. The molecule has 1 aromatic rings. The summed E-state index contributed by atoms with van der Waals surface area (Å²) in [6.45, 7) is 2.18. The molecule has 0 fully saturated rings. The van der Waals surface area contributed by atoms with Crippen LogP contribution in [0.2, 0.25) is 0 Å². The minimum Gasteiger partial charge on any atom is -0.330 e. The summed E-state index contributed by atoms with van der Waals surface area (Å²) in [5.41, 5.74) is 21.1. The summed E-state index contributed by atoms with van der Waals surface area (Å²) >= 11 is 0. The predicted molar refractivity (Wildman–Crippen MR) is 78.3 cm³/mol. The molecular weight excluding hydrogens is 222 g/mol. The van der Waals surface area contributed by atoms with Gasteiger partial charge in [0.1, 0.15) is 0 Å². The van der Waals surface area contributed by atoms with E-state index in [1.165, 1.54) is 16.7 Å². The molecule has 3 heteroatoms. The van der Waals surface area contributed by atoms with Gasteiger partial charge in [-0.25, -0.2) is 0 Å². The van der Waals surface area contributed by atoms with Crippen molar-refractivity contribution in [3.05, 3.63) is 34.9 Å². The predicted octanol–water partition coefficient (Wildman–Crippen LogP) is 1.71. The highest BCUT2D eigenvalue weighted by atomic mass is 14.5. The molecule has 18 heavy (non-hydrogen) atoms. The topological polar surface area (TPSA) is 78.1 Å². The number of unbranched alkanes of at least 4 members (excludes halogenated alkanes) is 2. The van der Waals surface area contributed by atoms with Gasteiger partial charge >= 0.3 is 0 Å². The fourth-order valence-electron chi connectivity index (χ4n) is 2.34. The Morgan fingerprint density at radius 3 is 1.94 bits per heavy atom. The monoisotopic (exact) mass is 249 g/mol. The summed E-state index contributed by atoms with van der Waals surface area (Å²) < 4.78 is 0. The molecule has 0 radical (unpaired) electrons. The summed E-state index contributed by atoms with van der Waals surface area (Å²) in [5, 5.41) is 0. The molecule has 0 aliphatic carbocycles. The molecule has 102 valence electrons. The van der Waals surface area contributed by atoms with Crippen LogP contribution in [0, 0.1) is 0 Å². The fourth-order valence-corrected chi connectivity index (χ4v) is 2.34. The Labute approximate surface area is 111 Å². The fraction of sp³-hybridized carbons (Fsp3) is 0.600. The Bertz CT molecular complexity index is 337. The van der Waals surface area contributed by atoms with Crippen molar-refractivity contribution in [2.45, 2.75) is 45.1 Å². The van der Waals surface area contributed by atoms with Crippen molar-refractivity contribution < 1.29 is 0 Å². The van der Waals surface area contributed by atoms with Gasteiger partial charge in [0, 0.05) is 6.54 Å². The average Bonchev–Trinajstić information content (AvgIpc) is 2.40. The lowest BCUT2D eigenvalue weighted by Crippen LogP contribution is -2.07. The molecule has 6 N–H and O–H groups in total. The molecule has 0 spiro atoms. The van der Waals surface area contributed by atoms with Crippen LogP contribution >= 0.6 is 0 Å². The van der Waals surface area contributed by atoms with Crippen LogP contribution in [0.3, 0.4) is 0 Å². The van der Waals surface area contributed by atoms with Gasteiger partial charge in [-0.1, -0.05) is 18.2 Å². The van der Waals surface area contributed by atoms with Crippen LogP contribution in [-0.4, -0.2) is 13.1 Å². The summed E-state index contributed by atoms with van der Waals surface area (Å²) in [4.78, 5) is 0. The third kappa shape index (κ3) is 4.77. The van der Waals surface area contributed by atoms with Gasteiger partial charge in [-0.3, -0.25) is 0 Å². The number of rotatable bonds is 9. The zero-order chi connectivity index (χ0) is 13.2. The molecule has 0 aliphatic rings. The van der Waals surface area contributed by atoms with Gasteiger partial charge in [0.25, 0.3) is 0 Å². The van der Waals surface area contributed by atoms with Gasteiger partial charge in [-0.05, 0) is 68.3 Å². The van der Waals surface area contributed by atoms with Gasteiger partial charge in [-0.15, -0.1) is 0 Å². The molecule has 0 unspecified atom stereocenters. The van der Waals surface area contributed by atoms with Crippen molar-refractivity contribution in [3.63, 3.8) is 0 Å². The van der Waals surface area contributed by atoms with Crippen LogP contribution < -0.4 is 17.2 Å². The number of benzene rings is 1. The highest BCUT2D eigenvalue weighted by Gasteiger charge is 2.07. The maximum atomic E-state index is 5.83. The zero-order valence-electron chi connectivity index (χ0n) is 11.3. The molecule has 0 aliphatic heterocycles. The van der Waals surface area contributed by atoms with Crippen LogP contribution in [0.4, 0.5) is 0 Å². The van der Waals surface area contributed by atoms with E-state index in [1.54, 1.807) is 0 Å². The molecule has 0 bridgehead atoms. The largest absolute Gasteiger partial charge is 0.330 e. The summed E-state index contributed by atoms with van der Waals surface area (Å²) in [6, 6.07) is 6.49. The number of aryl methyl sites for hydroxylation is 1. The van der Waals surface area contributed by atoms with Crippen LogP contribution in [0.1, 0.15) is 42.4 Å². The van der Waals surface area contributed by atoms with Crippen molar-refractivity contribution in [1.82, 2.24) is 0 Å². The average molecular weight is 249 g/mol. The van der Waals surface area contributed by atoms with Crippen LogP contribution in [-0.2, 0) is 19.4 Å². The van der Waals surface area contributed by atoms with E-state index in [9.17, 15) is 0 Å². The van der Waals surface area contributed by atoms with Crippen LogP contribution in [0.5, 0.6) is 0 Å². The van der Waals surface area contributed by atoms with E-state index in [1.807, 2.05) is 0 Å². The Kier molecular flexibility index (Phi) is 7.65. The molecular formula is C15H27N3. The lowest BCUT2D eigenvalue weighted by molar-refractivity contribution is 0.712. The normalized spacial score (nSPS) is 10.8. The van der Waals surface area contributed by atoms with E-state index >= 15 is 0 Å². The van der Waals surface area contributed by atoms with Crippen molar-refractivity contribution in [3.8, 4) is 0 Å². The van der Waals surface area contributed by atoms with Gasteiger partial charge in [0.2, 0.25) is 0 Å². The second kappa shape index (κ2) is 9.09. The van der Waals surface area contributed by atoms with Crippen molar-refractivity contribution >= 4 is 0 Å². The van der Waals surface area contributed by atoms with Crippen molar-refractivity contribution in [1.29, 1.82) is 0 Å². The number of nitrogens with two attached hydrogens (primary N) is 3. The Morgan fingerprint density at radius 2 is 1.33 bits per heavy atom.